The topological polar surface area (TPSA) is 97.9 Å². The lowest BCUT2D eigenvalue weighted by Gasteiger charge is -2.19. The number of rotatable bonds is 5. The van der Waals surface area contributed by atoms with Crippen molar-refractivity contribution in [3.8, 4) is 5.69 Å². The lowest BCUT2D eigenvalue weighted by atomic mass is 10.0. The van der Waals surface area contributed by atoms with Crippen LogP contribution in [0.3, 0.4) is 0 Å². The molecule has 0 radical (unpaired) electrons. The van der Waals surface area contributed by atoms with Gasteiger partial charge in [-0.05, 0) is 36.2 Å². The van der Waals surface area contributed by atoms with Crippen molar-refractivity contribution in [1.29, 1.82) is 0 Å². The highest BCUT2D eigenvalue weighted by molar-refractivity contribution is 6.09. The van der Waals surface area contributed by atoms with E-state index in [1.807, 2.05) is 13.8 Å². The standard InChI is InChI=1S/C21H21F3N6O2/c1-11(2)15(10-31)26-19(32)12-4-6-16-14(8-12)18-20(29(3)28-27-18)30(16)13-5-7-17(25-9-13)21(22,23)24/h4-9,11,15,31H,10H2,1-3H3,(H,26,32). The van der Waals surface area contributed by atoms with Crippen molar-refractivity contribution < 1.29 is 23.1 Å². The fourth-order valence-electron chi connectivity index (χ4n) is 3.58. The molecule has 4 rings (SSSR count). The first-order chi connectivity index (χ1) is 15.1. The second-order valence-corrected chi connectivity index (χ2v) is 7.86. The molecule has 168 valence electrons. The van der Waals surface area contributed by atoms with E-state index >= 15 is 0 Å². The van der Waals surface area contributed by atoms with Gasteiger partial charge in [-0.1, -0.05) is 19.1 Å². The molecule has 0 fully saturated rings. The molecule has 8 nitrogen and oxygen atoms in total. The summed E-state index contributed by atoms with van der Waals surface area (Å²) in [5.41, 5.74) is 1.47. The number of halogens is 3. The number of aryl methyl sites for hydroxylation is 1. The minimum Gasteiger partial charge on any atom is -0.394 e. The van der Waals surface area contributed by atoms with Crippen molar-refractivity contribution in [2.45, 2.75) is 26.1 Å². The molecule has 0 bridgehead atoms. The van der Waals surface area contributed by atoms with Gasteiger partial charge in [0.25, 0.3) is 5.91 Å². The molecule has 0 aliphatic rings. The Morgan fingerprint density at radius 2 is 1.97 bits per heavy atom. The van der Waals surface area contributed by atoms with E-state index in [0.717, 1.165) is 12.3 Å². The van der Waals surface area contributed by atoms with Crippen LogP contribution in [0, 0.1) is 5.92 Å². The molecule has 0 aliphatic heterocycles. The number of benzene rings is 1. The molecular weight excluding hydrogens is 425 g/mol. The maximum atomic E-state index is 12.9. The van der Waals surface area contributed by atoms with Gasteiger partial charge in [0.2, 0.25) is 0 Å². The van der Waals surface area contributed by atoms with E-state index in [2.05, 4.69) is 20.6 Å². The molecule has 1 amide bonds. The largest absolute Gasteiger partial charge is 0.433 e. The highest BCUT2D eigenvalue weighted by Gasteiger charge is 2.32. The number of fused-ring (bicyclic) bond motifs is 3. The van der Waals surface area contributed by atoms with Crippen LogP contribution in [0.25, 0.3) is 27.8 Å². The third-order valence-corrected chi connectivity index (χ3v) is 5.38. The van der Waals surface area contributed by atoms with Crippen molar-refractivity contribution in [2.75, 3.05) is 6.61 Å². The number of nitrogens with zero attached hydrogens (tertiary/aromatic N) is 5. The Labute approximate surface area is 180 Å². The summed E-state index contributed by atoms with van der Waals surface area (Å²) in [5.74, 6) is -0.298. The van der Waals surface area contributed by atoms with E-state index in [1.54, 1.807) is 29.8 Å². The number of aromatic nitrogens is 5. The molecule has 32 heavy (non-hydrogen) atoms. The molecule has 3 aromatic heterocycles. The zero-order chi connectivity index (χ0) is 23.2. The molecule has 1 unspecified atom stereocenters. The summed E-state index contributed by atoms with van der Waals surface area (Å²) in [5, 5.41) is 21.1. The van der Waals surface area contributed by atoms with Crippen LogP contribution >= 0.6 is 0 Å². The summed E-state index contributed by atoms with van der Waals surface area (Å²) in [6.45, 7) is 3.61. The third kappa shape index (κ3) is 3.68. The first-order valence-electron chi connectivity index (χ1n) is 9.91. The van der Waals surface area contributed by atoms with Gasteiger partial charge in [0, 0.05) is 18.0 Å². The van der Waals surface area contributed by atoms with Gasteiger partial charge in [0.15, 0.2) is 5.65 Å². The number of pyridine rings is 1. The summed E-state index contributed by atoms with van der Waals surface area (Å²) in [6.07, 6.45) is -3.39. The molecular formula is C21H21F3N6O2. The van der Waals surface area contributed by atoms with Crippen LogP contribution in [-0.2, 0) is 13.2 Å². The number of nitrogens with one attached hydrogen (secondary N) is 1. The zero-order valence-electron chi connectivity index (χ0n) is 17.6. The Bertz CT molecular complexity index is 1290. The molecule has 4 aromatic rings. The molecule has 1 aromatic carbocycles. The summed E-state index contributed by atoms with van der Waals surface area (Å²) < 4.78 is 42.0. The molecule has 0 saturated heterocycles. The molecule has 1 atom stereocenters. The lowest BCUT2D eigenvalue weighted by Crippen LogP contribution is -2.41. The number of alkyl halides is 3. The quantitative estimate of drug-likeness (QED) is 0.491. The molecule has 2 N–H and O–H groups in total. The van der Waals surface area contributed by atoms with E-state index in [0.29, 0.717) is 33.3 Å². The molecule has 3 heterocycles. The fraction of sp³-hybridized carbons (Fsp3) is 0.333. The molecule has 0 spiro atoms. The fourth-order valence-corrected chi connectivity index (χ4v) is 3.58. The van der Waals surface area contributed by atoms with Crippen molar-refractivity contribution in [2.24, 2.45) is 13.0 Å². The Morgan fingerprint density at radius 1 is 1.22 bits per heavy atom. The van der Waals surface area contributed by atoms with Crippen LogP contribution < -0.4 is 5.32 Å². The van der Waals surface area contributed by atoms with Gasteiger partial charge in [-0.25, -0.2) is 9.67 Å². The smallest absolute Gasteiger partial charge is 0.394 e. The van der Waals surface area contributed by atoms with Gasteiger partial charge < -0.3 is 10.4 Å². The maximum Gasteiger partial charge on any atom is 0.433 e. The summed E-state index contributed by atoms with van der Waals surface area (Å²) >= 11 is 0. The lowest BCUT2D eigenvalue weighted by molar-refractivity contribution is -0.141. The van der Waals surface area contributed by atoms with Gasteiger partial charge in [-0.15, -0.1) is 5.10 Å². The molecule has 0 aliphatic carbocycles. The first-order valence-corrected chi connectivity index (χ1v) is 9.91. The van der Waals surface area contributed by atoms with Crippen LogP contribution in [-0.4, -0.2) is 48.2 Å². The van der Waals surface area contributed by atoms with Crippen molar-refractivity contribution >= 4 is 28.0 Å². The van der Waals surface area contributed by atoms with E-state index < -0.39 is 17.9 Å². The number of carbonyl (C=O) groups excluding carboxylic acids is 1. The van der Waals surface area contributed by atoms with E-state index in [1.165, 1.54) is 10.7 Å². The monoisotopic (exact) mass is 446 g/mol. The van der Waals surface area contributed by atoms with Gasteiger partial charge in [-0.3, -0.25) is 9.36 Å². The van der Waals surface area contributed by atoms with Gasteiger partial charge in [0.05, 0.1) is 30.0 Å². The third-order valence-electron chi connectivity index (χ3n) is 5.38. The number of aliphatic hydroxyl groups is 1. The van der Waals surface area contributed by atoms with Crippen LogP contribution in [0.4, 0.5) is 13.2 Å². The van der Waals surface area contributed by atoms with Crippen LogP contribution in [0.2, 0.25) is 0 Å². The Kier molecular flexibility index (Phi) is 5.37. The van der Waals surface area contributed by atoms with Crippen LogP contribution in [0.1, 0.15) is 29.9 Å². The van der Waals surface area contributed by atoms with Gasteiger partial charge in [0.1, 0.15) is 11.2 Å². The Balaban J connectivity index is 1.83. The predicted molar refractivity (Wildman–Crippen MR) is 111 cm³/mol. The Hall–Kier alpha value is -3.47. The average Bonchev–Trinajstić information content (AvgIpc) is 3.28. The molecule has 11 heteroatoms. The SMILES string of the molecule is CC(C)C(CO)NC(=O)c1ccc2c(c1)c1nnn(C)c1n2-c1ccc(C(F)(F)F)nc1. The number of carbonyl (C=O) groups is 1. The highest BCUT2D eigenvalue weighted by Crippen LogP contribution is 2.32. The minimum atomic E-state index is -4.54. The van der Waals surface area contributed by atoms with Gasteiger partial charge >= 0.3 is 6.18 Å². The normalized spacial score (nSPS) is 13.2. The van der Waals surface area contributed by atoms with Crippen molar-refractivity contribution in [3.05, 3.63) is 47.8 Å². The van der Waals surface area contributed by atoms with Gasteiger partial charge in [-0.2, -0.15) is 13.2 Å². The number of hydrogen-bond donors (Lipinski definition) is 2. The van der Waals surface area contributed by atoms with Crippen LogP contribution in [0.5, 0.6) is 0 Å². The Morgan fingerprint density at radius 3 is 2.56 bits per heavy atom. The number of hydrogen-bond acceptors (Lipinski definition) is 5. The highest BCUT2D eigenvalue weighted by atomic mass is 19.4. The minimum absolute atomic E-state index is 0.0487. The van der Waals surface area contributed by atoms with Crippen molar-refractivity contribution in [1.82, 2.24) is 29.9 Å². The maximum absolute atomic E-state index is 12.9. The van der Waals surface area contributed by atoms with E-state index in [-0.39, 0.29) is 18.4 Å². The van der Waals surface area contributed by atoms with Crippen molar-refractivity contribution in [3.63, 3.8) is 0 Å². The summed E-state index contributed by atoms with van der Waals surface area (Å²) in [4.78, 5) is 16.3. The van der Waals surface area contributed by atoms with E-state index in [4.69, 9.17) is 0 Å². The number of amides is 1. The number of aliphatic hydroxyl groups excluding tert-OH is 1. The second-order valence-electron chi connectivity index (χ2n) is 7.86. The zero-order valence-corrected chi connectivity index (χ0v) is 17.6. The van der Waals surface area contributed by atoms with Crippen LogP contribution in [0.15, 0.2) is 36.5 Å². The molecule has 0 saturated carbocycles. The summed E-state index contributed by atoms with van der Waals surface area (Å²) in [6, 6.07) is 6.83. The van der Waals surface area contributed by atoms with E-state index in [9.17, 15) is 23.1 Å². The summed E-state index contributed by atoms with van der Waals surface area (Å²) in [7, 11) is 1.67. The first kappa shape index (κ1) is 21.8. The average molecular weight is 446 g/mol. The second kappa shape index (κ2) is 7.90. The predicted octanol–water partition coefficient (Wildman–Crippen LogP) is 3.07.